The lowest BCUT2D eigenvalue weighted by molar-refractivity contribution is 0.0206. The minimum atomic E-state index is -0.0875. The summed E-state index contributed by atoms with van der Waals surface area (Å²) in [6.07, 6.45) is 4.79. The van der Waals surface area contributed by atoms with Gasteiger partial charge in [0.1, 0.15) is 11.9 Å². The molecule has 0 radical (unpaired) electrons. The van der Waals surface area contributed by atoms with E-state index in [1.807, 2.05) is 25.1 Å². The second-order valence-corrected chi connectivity index (χ2v) is 5.67. The molecule has 0 bridgehead atoms. The van der Waals surface area contributed by atoms with E-state index in [9.17, 15) is 0 Å². The molecule has 1 aromatic carbocycles. The van der Waals surface area contributed by atoms with Crippen molar-refractivity contribution in [2.45, 2.75) is 50.9 Å². The highest BCUT2D eigenvalue weighted by atomic mass is 35.5. The Kier molecular flexibility index (Phi) is 5.08. The molecule has 0 aliphatic heterocycles. The van der Waals surface area contributed by atoms with Crippen LogP contribution in [0.2, 0.25) is 5.02 Å². The fraction of sp³-hybridized carbons (Fsp3) is 0.600. The third kappa shape index (κ3) is 3.85. The molecular weight excluding hydrogens is 262 g/mol. The first-order chi connectivity index (χ1) is 9.10. The maximum absolute atomic E-state index is 6.12. The van der Waals surface area contributed by atoms with Crippen molar-refractivity contribution in [3.8, 4) is 5.75 Å². The van der Waals surface area contributed by atoms with Crippen LogP contribution in [0.25, 0.3) is 0 Å². The predicted octanol–water partition coefficient (Wildman–Crippen LogP) is 3.70. The van der Waals surface area contributed by atoms with Crippen molar-refractivity contribution in [1.82, 2.24) is 0 Å². The van der Waals surface area contributed by atoms with Crippen LogP contribution in [0.15, 0.2) is 18.2 Å². The summed E-state index contributed by atoms with van der Waals surface area (Å²) in [6.45, 7) is 1.94. The maximum Gasteiger partial charge on any atom is 0.124 e. The van der Waals surface area contributed by atoms with Crippen LogP contribution in [0.4, 0.5) is 0 Å². The number of rotatable bonds is 4. The van der Waals surface area contributed by atoms with Crippen LogP contribution < -0.4 is 10.5 Å². The quantitative estimate of drug-likeness (QED) is 0.916. The van der Waals surface area contributed by atoms with E-state index in [1.165, 1.54) is 0 Å². The first-order valence-corrected chi connectivity index (χ1v) is 7.22. The SMILES string of the molecule is COC1CCCC(Oc2ccc(Cl)cc2[C@@H](C)N)C1. The Hall–Kier alpha value is -0.770. The highest BCUT2D eigenvalue weighted by molar-refractivity contribution is 6.30. The van der Waals surface area contributed by atoms with E-state index in [1.54, 1.807) is 7.11 Å². The van der Waals surface area contributed by atoms with Crippen LogP contribution in [0.3, 0.4) is 0 Å². The maximum atomic E-state index is 6.12. The molecule has 3 nitrogen and oxygen atoms in total. The topological polar surface area (TPSA) is 44.5 Å². The zero-order valence-electron chi connectivity index (χ0n) is 11.6. The van der Waals surface area contributed by atoms with Crippen molar-refractivity contribution in [2.24, 2.45) is 5.73 Å². The van der Waals surface area contributed by atoms with E-state index in [0.29, 0.717) is 11.1 Å². The van der Waals surface area contributed by atoms with E-state index in [-0.39, 0.29) is 12.1 Å². The van der Waals surface area contributed by atoms with Crippen LogP contribution in [0.1, 0.15) is 44.2 Å². The summed E-state index contributed by atoms with van der Waals surface area (Å²) < 4.78 is 11.5. The van der Waals surface area contributed by atoms with Crippen LogP contribution in [0, 0.1) is 0 Å². The highest BCUT2D eigenvalue weighted by Crippen LogP contribution is 2.31. The summed E-state index contributed by atoms with van der Waals surface area (Å²) >= 11 is 6.02. The van der Waals surface area contributed by atoms with Gasteiger partial charge < -0.3 is 15.2 Å². The zero-order valence-corrected chi connectivity index (χ0v) is 12.3. The van der Waals surface area contributed by atoms with E-state index < -0.39 is 0 Å². The average Bonchev–Trinajstić information content (AvgIpc) is 2.41. The van der Waals surface area contributed by atoms with Gasteiger partial charge in [-0.3, -0.25) is 0 Å². The zero-order chi connectivity index (χ0) is 13.8. The van der Waals surface area contributed by atoms with Crippen LogP contribution in [-0.4, -0.2) is 19.3 Å². The normalized spacial score (nSPS) is 25.1. The molecule has 3 atom stereocenters. The number of hydrogen-bond acceptors (Lipinski definition) is 3. The van der Waals surface area contributed by atoms with Gasteiger partial charge in [-0.15, -0.1) is 0 Å². The number of methoxy groups -OCH3 is 1. The van der Waals surface area contributed by atoms with Crippen molar-refractivity contribution in [1.29, 1.82) is 0 Å². The van der Waals surface area contributed by atoms with Gasteiger partial charge in [0.05, 0.1) is 6.10 Å². The molecule has 2 N–H and O–H groups in total. The van der Waals surface area contributed by atoms with Gasteiger partial charge in [0.15, 0.2) is 0 Å². The number of ether oxygens (including phenoxy) is 2. The van der Waals surface area contributed by atoms with Crippen LogP contribution >= 0.6 is 11.6 Å². The Bertz CT molecular complexity index is 423. The van der Waals surface area contributed by atoms with Crippen molar-refractivity contribution < 1.29 is 9.47 Å². The van der Waals surface area contributed by atoms with E-state index >= 15 is 0 Å². The van der Waals surface area contributed by atoms with Gasteiger partial charge in [0.2, 0.25) is 0 Å². The highest BCUT2D eigenvalue weighted by Gasteiger charge is 2.24. The van der Waals surface area contributed by atoms with Gasteiger partial charge in [-0.05, 0) is 44.4 Å². The Morgan fingerprint density at radius 2 is 2.05 bits per heavy atom. The van der Waals surface area contributed by atoms with Gasteiger partial charge in [-0.1, -0.05) is 11.6 Å². The number of nitrogens with two attached hydrogens (primary N) is 1. The summed E-state index contributed by atoms with van der Waals surface area (Å²) in [4.78, 5) is 0. The van der Waals surface area contributed by atoms with Gasteiger partial charge in [0.25, 0.3) is 0 Å². The number of halogens is 1. The lowest BCUT2D eigenvalue weighted by Crippen LogP contribution is -2.30. The van der Waals surface area contributed by atoms with Gasteiger partial charge in [-0.25, -0.2) is 0 Å². The Labute approximate surface area is 120 Å². The first-order valence-electron chi connectivity index (χ1n) is 6.84. The minimum Gasteiger partial charge on any atom is -0.490 e. The monoisotopic (exact) mass is 283 g/mol. The minimum absolute atomic E-state index is 0.0875. The molecule has 0 heterocycles. The molecule has 106 valence electrons. The molecule has 1 aliphatic rings. The molecule has 1 fully saturated rings. The van der Waals surface area contributed by atoms with E-state index in [0.717, 1.165) is 37.0 Å². The van der Waals surface area contributed by atoms with Crippen molar-refractivity contribution >= 4 is 11.6 Å². The molecule has 0 spiro atoms. The summed E-state index contributed by atoms with van der Waals surface area (Å²) in [7, 11) is 1.77. The summed E-state index contributed by atoms with van der Waals surface area (Å²) in [5, 5.41) is 0.693. The first kappa shape index (κ1) is 14.6. The van der Waals surface area contributed by atoms with Crippen LogP contribution in [-0.2, 0) is 4.74 Å². The number of benzene rings is 1. The summed E-state index contributed by atoms with van der Waals surface area (Å²) in [5.41, 5.74) is 6.94. The van der Waals surface area contributed by atoms with Gasteiger partial charge in [-0.2, -0.15) is 0 Å². The molecular formula is C15H22ClNO2. The van der Waals surface area contributed by atoms with Crippen molar-refractivity contribution in [2.75, 3.05) is 7.11 Å². The second-order valence-electron chi connectivity index (χ2n) is 5.23. The van der Waals surface area contributed by atoms with Gasteiger partial charge >= 0.3 is 0 Å². The molecule has 1 saturated carbocycles. The molecule has 0 amide bonds. The summed E-state index contributed by atoms with van der Waals surface area (Å²) in [6, 6.07) is 5.56. The molecule has 19 heavy (non-hydrogen) atoms. The predicted molar refractivity (Wildman–Crippen MR) is 77.7 cm³/mol. The molecule has 1 aliphatic carbocycles. The molecule has 0 aromatic heterocycles. The molecule has 2 unspecified atom stereocenters. The summed E-state index contributed by atoms with van der Waals surface area (Å²) in [5.74, 6) is 0.848. The molecule has 2 rings (SSSR count). The van der Waals surface area contributed by atoms with Crippen molar-refractivity contribution in [3.63, 3.8) is 0 Å². The second kappa shape index (κ2) is 6.60. The Morgan fingerprint density at radius 3 is 2.74 bits per heavy atom. The fourth-order valence-electron chi connectivity index (χ4n) is 2.59. The smallest absolute Gasteiger partial charge is 0.124 e. The third-order valence-electron chi connectivity index (χ3n) is 3.67. The lowest BCUT2D eigenvalue weighted by atomic mass is 9.94. The molecule has 1 aromatic rings. The van der Waals surface area contributed by atoms with Gasteiger partial charge in [0, 0.05) is 30.2 Å². The molecule has 0 saturated heterocycles. The number of hydrogen-bond donors (Lipinski definition) is 1. The molecule has 4 heteroatoms. The Morgan fingerprint density at radius 1 is 1.32 bits per heavy atom. The third-order valence-corrected chi connectivity index (χ3v) is 3.90. The largest absolute Gasteiger partial charge is 0.490 e. The van der Waals surface area contributed by atoms with E-state index in [2.05, 4.69) is 0 Å². The fourth-order valence-corrected chi connectivity index (χ4v) is 2.77. The van der Waals surface area contributed by atoms with E-state index in [4.69, 9.17) is 26.8 Å². The standard InChI is InChI=1S/C15H22ClNO2/c1-10(17)14-8-11(16)6-7-15(14)19-13-5-3-4-12(9-13)18-2/h6-8,10,12-13H,3-5,9,17H2,1-2H3/t10-,12?,13?/m1/s1. The average molecular weight is 284 g/mol. The van der Waals surface area contributed by atoms with Crippen LogP contribution in [0.5, 0.6) is 5.75 Å². The lowest BCUT2D eigenvalue weighted by Gasteiger charge is -2.29. The van der Waals surface area contributed by atoms with Crippen molar-refractivity contribution in [3.05, 3.63) is 28.8 Å². The Balaban J connectivity index is 2.10.